The highest BCUT2D eigenvalue weighted by Crippen LogP contribution is 2.45. The van der Waals surface area contributed by atoms with Crippen molar-refractivity contribution in [3.05, 3.63) is 35.0 Å². The third kappa shape index (κ3) is 4.67. The van der Waals surface area contributed by atoms with E-state index in [-0.39, 0.29) is 28.2 Å². The zero-order chi connectivity index (χ0) is 21.3. The van der Waals surface area contributed by atoms with Crippen molar-refractivity contribution in [3.8, 4) is 0 Å². The minimum absolute atomic E-state index is 0.101. The van der Waals surface area contributed by atoms with E-state index in [1.165, 1.54) is 6.07 Å². The Hall–Kier alpha value is -2.39. The predicted octanol–water partition coefficient (Wildman–Crippen LogP) is 3.17. The summed E-state index contributed by atoms with van der Waals surface area (Å²) >= 11 is 0. The number of halogens is 3. The van der Waals surface area contributed by atoms with Crippen molar-refractivity contribution in [3.63, 3.8) is 0 Å². The van der Waals surface area contributed by atoms with Gasteiger partial charge >= 0.3 is 6.18 Å². The van der Waals surface area contributed by atoms with Crippen LogP contribution in [-0.4, -0.2) is 55.2 Å². The lowest BCUT2D eigenvalue weighted by atomic mass is 10.00. The lowest BCUT2D eigenvalue weighted by molar-refractivity contribution is -0.136. The number of hydrogen-bond acceptors (Lipinski definition) is 5. The fourth-order valence-corrected chi connectivity index (χ4v) is 3.78. The molecular formula is C21H25F3N4O2. The summed E-state index contributed by atoms with van der Waals surface area (Å²) in [6.45, 7) is 4.36. The van der Waals surface area contributed by atoms with Crippen LogP contribution in [-0.2, 0) is 10.9 Å². The van der Waals surface area contributed by atoms with Crippen LogP contribution in [0.5, 0.6) is 0 Å². The minimum Gasteiger partial charge on any atom is -0.398 e. The van der Waals surface area contributed by atoms with E-state index in [0.29, 0.717) is 25.3 Å². The number of alkyl halides is 3. The third-order valence-electron chi connectivity index (χ3n) is 5.59. The van der Waals surface area contributed by atoms with Crippen LogP contribution in [0.4, 0.5) is 18.9 Å². The quantitative estimate of drug-likeness (QED) is 0.699. The molecule has 1 amide bonds. The summed E-state index contributed by atoms with van der Waals surface area (Å²) in [7, 11) is 0. The number of benzene rings is 1. The Balaban J connectivity index is 1.51. The molecule has 2 fully saturated rings. The first-order chi connectivity index (χ1) is 14.3. The standard InChI is InChI=1S/C21H25F3N4O2/c22-21(23,24)16-11-14(13-2-3-13)10-15-17(25)12-18(27-19(15)16)20(29)26-4-1-5-28-6-8-30-9-7-28/h10-13H,1-9H2,(H2,25,27)(H,26,29). The second-order valence-electron chi connectivity index (χ2n) is 7.90. The topological polar surface area (TPSA) is 80.5 Å². The summed E-state index contributed by atoms with van der Waals surface area (Å²) in [5.74, 6) is -0.380. The number of aromatic nitrogens is 1. The molecule has 0 radical (unpaired) electrons. The van der Waals surface area contributed by atoms with Crippen molar-refractivity contribution in [2.24, 2.45) is 0 Å². The molecule has 0 atom stereocenters. The van der Waals surface area contributed by atoms with Gasteiger partial charge in [0, 0.05) is 30.7 Å². The molecule has 2 aromatic rings. The first kappa shape index (κ1) is 20.9. The van der Waals surface area contributed by atoms with Crippen LogP contribution in [0, 0.1) is 0 Å². The van der Waals surface area contributed by atoms with Crippen molar-refractivity contribution in [1.82, 2.24) is 15.2 Å². The van der Waals surface area contributed by atoms with Crippen molar-refractivity contribution in [2.75, 3.05) is 45.1 Å². The molecule has 30 heavy (non-hydrogen) atoms. The van der Waals surface area contributed by atoms with Crippen LogP contribution in [0.25, 0.3) is 10.9 Å². The van der Waals surface area contributed by atoms with Gasteiger partial charge in [-0.3, -0.25) is 9.69 Å². The molecule has 2 aliphatic rings. The smallest absolute Gasteiger partial charge is 0.398 e. The molecular weight excluding hydrogens is 397 g/mol. The lowest BCUT2D eigenvalue weighted by Crippen LogP contribution is -2.38. The molecule has 162 valence electrons. The molecule has 1 saturated carbocycles. The molecule has 3 N–H and O–H groups in total. The van der Waals surface area contributed by atoms with Gasteiger partial charge in [-0.1, -0.05) is 0 Å². The number of fused-ring (bicyclic) bond motifs is 1. The number of anilines is 1. The third-order valence-corrected chi connectivity index (χ3v) is 5.59. The fraction of sp³-hybridized carbons (Fsp3) is 0.524. The number of rotatable bonds is 6. The lowest BCUT2D eigenvalue weighted by Gasteiger charge is -2.26. The number of carbonyl (C=O) groups is 1. The molecule has 1 saturated heterocycles. The van der Waals surface area contributed by atoms with Gasteiger partial charge < -0.3 is 15.8 Å². The van der Waals surface area contributed by atoms with Gasteiger partial charge in [0.2, 0.25) is 0 Å². The molecule has 1 aliphatic heterocycles. The molecule has 4 rings (SSSR count). The molecule has 0 bridgehead atoms. The first-order valence-corrected chi connectivity index (χ1v) is 10.2. The predicted molar refractivity (Wildman–Crippen MR) is 107 cm³/mol. The van der Waals surface area contributed by atoms with Gasteiger partial charge in [0.1, 0.15) is 5.69 Å². The van der Waals surface area contributed by atoms with Crippen LogP contribution in [0.15, 0.2) is 18.2 Å². The molecule has 2 heterocycles. The van der Waals surface area contributed by atoms with Crippen LogP contribution in [0.2, 0.25) is 0 Å². The van der Waals surface area contributed by atoms with Gasteiger partial charge in [-0.05, 0) is 55.5 Å². The van der Waals surface area contributed by atoms with E-state index in [4.69, 9.17) is 10.5 Å². The van der Waals surface area contributed by atoms with E-state index >= 15 is 0 Å². The van der Waals surface area contributed by atoms with Gasteiger partial charge in [0.05, 0.1) is 24.3 Å². The maximum absolute atomic E-state index is 13.7. The summed E-state index contributed by atoms with van der Waals surface area (Å²) in [6, 6.07) is 4.18. The number of carbonyl (C=O) groups excluding carboxylic acids is 1. The molecule has 1 aromatic carbocycles. The van der Waals surface area contributed by atoms with Gasteiger partial charge in [0.15, 0.2) is 0 Å². The molecule has 6 nitrogen and oxygen atoms in total. The Morgan fingerprint density at radius 1 is 1.23 bits per heavy atom. The highest BCUT2D eigenvalue weighted by molar-refractivity contribution is 6.00. The number of morpholine rings is 1. The van der Waals surface area contributed by atoms with Crippen LogP contribution in [0.1, 0.15) is 46.8 Å². The zero-order valence-electron chi connectivity index (χ0n) is 16.6. The second kappa shape index (κ2) is 8.39. The van der Waals surface area contributed by atoms with Crippen molar-refractivity contribution < 1.29 is 22.7 Å². The van der Waals surface area contributed by atoms with Crippen LogP contribution in [0.3, 0.4) is 0 Å². The molecule has 1 aliphatic carbocycles. The first-order valence-electron chi connectivity index (χ1n) is 10.2. The monoisotopic (exact) mass is 422 g/mol. The molecule has 1 aromatic heterocycles. The number of nitrogens with zero attached hydrogens (tertiary/aromatic N) is 2. The zero-order valence-corrected chi connectivity index (χ0v) is 16.6. The number of nitrogens with one attached hydrogen (secondary N) is 1. The number of pyridine rings is 1. The number of nitrogens with two attached hydrogens (primary N) is 1. The number of amides is 1. The van der Waals surface area contributed by atoms with Gasteiger partial charge in [0.25, 0.3) is 5.91 Å². The van der Waals surface area contributed by atoms with Crippen molar-refractivity contribution in [1.29, 1.82) is 0 Å². The van der Waals surface area contributed by atoms with Gasteiger partial charge in [-0.15, -0.1) is 0 Å². The average Bonchev–Trinajstić information content (AvgIpc) is 3.56. The SMILES string of the molecule is Nc1cc(C(=O)NCCCN2CCOCC2)nc2c(C(F)(F)F)cc(C3CC3)cc12. The van der Waals surface area contributed by atoms with Gasteiger partial charge in [-0.25, -0.2) is 4.98 Å². The number of ether oxygens (including phenoxy) is 1. The maximum Gasteiger partial charge on any atom is 0.418 e. The van der Waals surface area contributed by atoms with E-state index in [9.17, 15) is 18.0 Å². The highest BCUT2D eigenvalue weighted by atomic mass is 19.4. The Labute approximate surface area is 172 Å². The number of hydrogen-bond donors (Lipinski definition) is 2. The average molecular weight is 422 g/mol. The second-order valence-corrected chi connectivity index (χ2v) is 7.90. The fourth-order valence-electron chi connectivity index (χ4n) is 3.78. The summed E-state index contributed by atoms with van der Waals surface area (Å²) in [5, 5.41) is 2.98. The molecule has 0 unspecified atom stereocenters. The highest BCUT2D eigenvalue weighted by Gasteiger charge is 2.36. The Morgan fingerprint density at radius 3 is 2.63 bits per heavy atom. The van der Waals surface area contributed by atoms with Crippen LogP contribution < -0.4 is 11.1 Å². The number of nitrogen functional groups attached to an aromatic ring is 1. The van der Waals surface area contributed by atoms with E-state index in [2.05, 4.69) is 15.2 Å². The van der Waals surface area contributed by atoms with Crippen molar-refractivity contribution in [2.45, 2.75) is 31.4 Å². The Kier molecular flexibility index (Phi) is 5.84. The van der Waals surface area contributed by atoms with E-state index < -0.39 is 17.6 Å². The van der Waals surface area contributed by atoms with Gasteiger partial charge in [-0.2, -0.15) is 13.2 Å². The van der Waals surface area contributed by atoms with E-state index in [1.807, 2.05) is 0 Å². The summed E-state index contributed by atoms with van der Waals surface area (Å²) in [4.78, 5) is 18.8. The Morgan fingerprint density at radius 2 is 1.97 bits per heavy atom. The largest absolute Gasteiger partial charge is 0.418 e. The van der Waals surface area contributed by atoms with E-state index in [1.54, 1.807) is 6.07 Å². The maximum atomic E-state index is 13.7. The molecule has 0 spiro atoms. The van der Waals surface area contributed by atoms with E-state index in [0.717, 1.165) is 45.0 Å². The summed E-state index contributed by atoms with van der Waals surface area (Å²) in [5.41, 5.74) is 5.59. The minimum atomic E-state index is -4.57. The summed E-state index contributed by atoms with van der Waals surface area (Å²) in [6.07, 6.45) is -2.09. The normalized spacial score (nSPS) is 18.0. The van der Waals surface area contributed by atoms with Crippen molar-refractivity contribution >= 4 is 22.5 Å². The Bertz CT molecular complexity index is 938. The van der Waals surface area contributed by atoms with Crippen LogP contribution >= 0.6 is 0 Å². The summed E-state index contributed by atoms with van der Waals surface area (Å²) < 4.78 is 46.3. The molecule has 9 heteroatoms.